The van der Waals surface area contributed by atoms with E-state index < -0.39 is 5.92 Å². The van der Waals surface area contributed by atoms with E-state index in [2.05, 4.69) is 15.4 Å². The number of hydrogen-bond donors (Lipinski definition) is 1. The fraction of sp³-hybridized carbons (Fsp3) is 0.333. The van der Waals surface area contributed by atoms with E-state index in [0.29, 0.717) is 18.1 Å². The molecule has 0 radical (unpaired) electrons. The zero-order valence-corrected chi connectivity index (χ0v) is 10.3. The second kappa shape index (κ2) is 4.95. The minimum absolute atomic E-state index is 0.317. The van der Waals surface area contributed by atoms with Crippen molar-refractivity contribution < 1.29 is 9.59 Å². The van der Waals surface area contributed by atoms with Crippen molar-refractivity contribution in [1.29, 1.82) is 0 Å². The van der Waals surface area contributed by atoms with Crippen LogP contribution < -0.4 is 10.3 Å². The van der Waals surface area contributed by atoms with Crippen molar-refractivity contribution in [3.8, 4) is 0 Å². The van der Waals surface area contributed by atoms with E-state index in [4.69, 9.17) is 0 Å². The van der Waals surface area contributed by atoms with E-state index in [-0.39, 0.29) is 11.8 Å². The Bertz CT molecular complexity index is 498. The number of carbonyl (C=O) groups excluding carboxylic acids is 2. The summed E-state index contributed by atoms with van der Waals surface area (Å²) < 4.78 is 0. The molecule has 1 aromatic rings. The third-order valence-electron chi connectivity index (χ3n) is 2.61. The summed E-state index contributed by atoms with van der Waals surface area (Å²) in [6, 6.07) is 5.19. The number of anilines is 1. The molecular weight excluding hydrogens is 232 g/mol. The van der Waals surface area contributed by atoms with Gasteiger partial charge in [0.05, 0.1) is 5.71 Å². The summed E-state index contributed by atoms with van der Waals surface area (Å²) in [5, 5.41) is 7.91. The number of hydrazone groups is 1. The van der Waals surface area contributed by atoms with Gasteiger partial charge < -0.3 is 5.32 Å². The quantitative estimate of drug-likeness (QED) is 0.792. The Balaban J connectivity index is 2.24. The first-order chi connectivity index (χ1) is 8.65. The Kier molecular flexibility index (Phi) is 3.36. The summed E-state index contributed by atoms with van der Waals surface area (Å²) in [5.41, 5.74) is 0.483. The lowest BCUT2D eigenvalue weighted by molar-refractivity contribution is -0.130. The molecule has 6 nitrogen and oxygen atoms in total. The van der Waals surface area contributed by atoms with Crippen molar-refractivity contribution in [3.63, 3.8) is 0 Å². The van der Waals surface area contributed by atoms with Crippen LogP contribution in [-0.4, -0.2) is 29.1 Å². The van der Waals surface area contributed by atoms with E-state index in [1.807, 2.05) is 0 Å². The Labute approximate surface area is 105 Å². The van der Waals surface area contributed by atoms with E-state index in [0.717, 1.165) is 0 Å². The zero-order chi connectivity index (χ0) is 13.1. The molecule has 0 bridgehead atoms. The molecule has 0 saturated heterocycles. The predicted octanol–water partition coefficient (Wildman–Crippen LogP) is 0.556. The van der Waals surface area contributed by atoms with Crippen molar-refractivity contribution in [2.45, 2.75) is 13.8 Å². The van der Waals surface area contributed by atoms with Gasteiger partial charge >= 0.3 is 0 Å². The van der Waals surface area contributed by atoms with E-state index in [9.17, 15) is 9.59 Å². The second-order valence-electron chi connectivity index (χ2n) is 3.91. The zero-order valence-electron chi connectivity index (χ0n) is 10.3. The topological polar surface area (TPSA) is 74.7 Å². The predicted molar refractivity (Wildman–Crippen MR) is 67.0 cm³/mol. The van der Waals surface area contributed by atoms with Crippen LogP contribution >= 0.6 is 0 Å². The van der Waals surface area contributed by atoms with Gasteiger partial charge in [-0.2, -0.15) is 10.1 Å². The molecule has 1 N–H and O–H groups in total. The smallest absolute Gasteiger partial charge is 0.267 e. The number of amides is 2. The number of carbonyl (C=O) groups is 2. The van der Waals surface area contributed by atoms with Gasteiger partial charge in [-0.15, -0.1) is 0 Å². The molecule has 0 spiro atoms. The molecule has 2 rings (SSSR count). The molecule has 0 aromatic carbocycles. The molecular formula is C12H14N4O2. The Morgan fingerprint density at radius 2 is 2.28 bits per heavy atom. The van der Waals surface area contributed by atoms with E-state index in [1.165, 1.54) is 5.01 Å². The number of nitrogens with one attached hydrogen (secondary N) is 1. The largest absolute Gasteiger partial charge is 0.355 e. The molecule has 1 unspecified atom stereocenters. The van der Waals surface area contributed by atoms with E-state index >= 15 is 0 Å². The van der Waals surface area contributed by atoms with Crippen molar-refractivity contribution in [3.05, 3.63) is 24.4 Å². The lowest BCUT2D eigenvalue weighted by atomic mass is 10.0. The minimum atomic E-state index is -0.841. The summed E-state index contributed by atoms with van der Waals surface area (Å²) >= 11 is 0. The fourth-order valence-corrected chi connectivity index (χ4v) is 1.79. The highest BCUT2D eigenvalue weighted by Crippen LogP contribution is 2.21. The number of hydrogen-bond acceptors (Lipinski definition) is 4. The highest BCUT2D eigenvalue weighted by atomic mass is 16.2. The van der Waals surface area contributed by atoms with Gasteiger partial charge in [0, 0.05) is 12.7 Å². The highest BCUT2D eigenvalue weighted by Gasteiger charge is 2.39. The summed E-state index contributed by atoms with van der Waals surface area (Å²) in [6.07, 6.45) is 1.58. The first-order valence-corrected chi connectivity index (χ1v) is 5.73. The standard InChI is InChI=1S/C12H14N4O2/c1-3-13-11(17)10-8(2)15-16(12(10)18)9-6-4-5-7-14-9/h4-7,10H,3H2,1-2H3,(H,13,17). The maximum atomic E-state index is 12.1. The molecule has 0 aliphatic carbocycles. The van der Waals surface area contributed by atoms with Gasteiger partial charge in [0.2, 0.25) is 5.91 Å². The van der Waals surface area contributed by atoms with Crippen LogP contribution in [0.5, 0.6) is 0 Å². The SMILES string of the molecule is CCNC(=O)C1C(=O)N(c2ccccn2)N=C1C. The minimum Gasteiger partial charge on any atom is -0.355 e. The number of pyridine rings is 1. The van der Waals surface area contributed by atoms with Crippen molar-refractivity contribution in [1.82, 2.24) is 10.3 Å². The fourth-order valence-electron chi connectivity index (χ4n) is 1.79. The summed E-state index contributed by atoms with van der Waals surface area (Å²) in [6.45, 7) is 3.96. The molecule has 18 heavy (non-hydrogen) atoms. The molecule has 1 aromatic heterocycles. The molecule has 2 heterocycles. The lowest BCUT2D eigenvalue weighted by Crippen LogP contribution is -2.40. The summed E-state index contributed by atoms with van der Waals surface area (Å²) in [5.74, 6) is -1.10. The van der Waals surface area contributed by atoms with Crippen LogP contribution in [0.1, 0.15) is 13.8 Å². The van der Waals surface area contributed by atoms with Gasteiger partial charge in [-0.25, -0.2) is 4.98 Å². The van der Waals surface area contributed by atoms with Crippen molar-refractivity contribution in [2.75, 3.05) is 11.6 Å². The number of rotatable bonds is 3. The van der Waals surface area contributed by atoms with Crippen LogP contribution in [0.25, 0.3) is 0 Å². The maximum Gasteiger partial charge on any atom is 0.267 e. The number of nitrogens with zero attached hydrogens (tertiary/aromatic N) is 3. The van der Waals surface area contributed by atoms with E-state index in [1.54, 1.807) is 38.2 Å². The van der Waals surface area contributed by atoms with Gasteiger partial charge in [0.1, 0.15) is 0 Å². The van der Waals surface area contributed by atoms with Crippen molar-refractivity contribution >= 4 is 23.3 Å². The van der Waals surface area contributed by atoms with Gasteiger partial charge in [-0.3, -0.25) is 9.59 Å². The monoisotopic (exact) mass is 246 g/mol. The molecule has 94 valence electrons. The van der Waals surface area contributed by atoms with Crippen LogP contribution in [-0.2, 0) is 9.59 Å². The molecule has 6 heteroatoms. The molecule has 0 saturated carbocycles. The molecule has 2 amide bonds. The second-order valence-corrected chi connectivity index (χ2v) is 3.91. The molecule has 1 atom stereocenters. The van der Waals surface area contributed by atoms with Crippen LogP contribution in [0, 0.1) is 5.92 Å². The Morgan fingerprint density at radius 3 is 2.89 bits per heavy atom. The first-order valence-electron chi connectivity index (χ1n) is 5.73. The third-order valence-corrected chi connectivity index (χ3v) is 2.61. The van der Waals surface area contributed by atoms with Crippen LogP contribution in [0.3, 0.4) is 0 Å². The average molecular weight is 246 g/mol. The Morgan fingerprint density at radius 1 is 1.50 bits per heavy atom. The lowest BCUT2D eigenvalue weighted by Gasteiger charge is -2.12. The molecule has 1 aliphatic rings. The highest BCUT2D eigenvalue weighted by molar-refractivity contribution is 6.26. The third kappa shape index (κ3) is 2.09. The normalized spacial score (nSPS) is 18.8. The van der Waals surface area contributed by atoms with Gasteiger partial charge in [-0.05, 0) is 26.0 Å². The van der Waals surface area contributed by atoms with Crippen LogP contribution in [0.4, 0.5) is 5.82 Å². The summed E-state index contributed by atoms with van der Waals surface area (Å²) in [4.78, 5) is 28.0. The molecule has 1 aliphatic heterocycles. The van der Waals surface area contributed by atoms with Gasteiger partial charge in [0.15, 0.2) is 11.7 Å². The Hall–Kier alpha value is -2.24. The average Bonchev–Trinajstić information content (AvgIpc) is 2.66. The van der Waals surface area contributed by atoms with Gasteiger partial charge in [-0.1, -0.05) is 6.07 Å². The van der Waals surface area contributed by atoms with Crippen LogP contribution in [0.2, 0.25) is 0 Å². The number of aromatic nitrogens is 1. The summed E-state index contributed by atoms with van der Waals surface area (Å²) in [7, 11) is 0. The van der Waals surface area contributed by atoms with Crippen LogP contribution in [0.15, 0.2) is 29.5 Å². The van der Waals surface area contributed by atoms with Gasteiger partial charge in [0.25, 0.3) is 5.91 Å². The van der Waals surface area contributed by atoms with Crippen molar-refractivity contribution in [2.24, 2.45) is 11.0 Å². The first kappa shape index (κ1) is 12.2. The maximum absolute atomic E-state index is 12.1. The molecule has 0 fully saturated rings.